The second kappa shape index (κ2) is 11.4. The highest BCUT2D eigenvalue weighted by Crippen LogP contribution is 2.25. The number of rotatable bonds is 6. The van der Waals surface area contributed by atoms with Crippen molar-refractivity contribution in [3.63, 3.8) is 0 Å². The highest BCUT2D eigenvalue weighted by Gasteiger charge is 2.23. The molecule has 2 aromatic rings. The van der Waals surface area contributed by atoms with Gasteiger partial charge in [0.2, 0.25) is 6.04 Å². The van der Waals surface area contributed by atoms with E-state index in [9.17, 15) is 19.7 Å². The van der Waals surface area contributed by atoms with Gasteiger partial charge in [0.25, 0.3) is 0 Å². The lowest BCUT2D eigenvalue weighted by Crippen LogP contribution is -2.24. The van der Waals surface area contributed by atoms with Gasteiger partial charge in [0, 0.05) is 35.2 Å². The topological polar surface area (TPSA) is 89.8 Å². The third-order valence-electron chi connectivity index (χ3n) is 5.02. The Kier molecular flexibility index (Phi) is 8.14. The predicted molar refractivity (Wildman–Crippen MR) is 125 cm³/mol. The molecule has 2 aromatic carbocycles. The molecular formula is C26H24N2O5. The minimum absolute atomic E-state index is 0.287. The fourth-order valence-electron chi connectivity index (χ4n) is 3.41. The van der Waals surface area contributed by atoms with E-state index in [-0.39, 0.29) is 11.3 Å². The Morgan fingerprint density at radius 3 is 2.30 bits per heavy atom. The van der Waals surface area contributed by atoms with Crippen LogP contribution in [0.25, 0.3) is 0 Å². The van der Waals surface area contributed by atoms with Crippen LogP contribution in [-0.4, -0.2) is 28.9 Å². The van der Waals surface area contributed by atoms with E-state index in [0.29, 0.717) is 24.2 Å². The van der Waals surface area contributed by atoms with E-state index < -0.39 is 24.0 Å². The SMILES string of the molecule is C[C@H](C#CC(=O)N(c1ccccc1)c1ccccc1)OC(=O)/C=C/C1=CCCC([N+](=O)[O-])C1. The molecular weight excluding hydrogens is 420 g/mol. The number of benzene rings is 2. The number of nitro groups is 1. The van der Waals surface area contributed by atoms with Crippen molar-refractivity contribution in [1.82, 2.24) is 0 Å². The number of para-hydroxylation sites is 2. The number of amides is 1. The first-order valence-electron chi connectivity index (χ1n) is 10.6. The molecule has 0 heterocycles. The molecule has 33 heavy (non-hydrogen) atoms. The van der Waals surface area contributed by atoms with Gasteiger partial charge in [0.05, 0.1) is 0 Å². The van der Waals surface area contributed by atoms with Crippen LogP contribution in [0.4, 0.5) is 11.4 Å². The zero-order valence-electron chi connectivity index (χ0n) is 18.2. The molecule has 0 radical (unpaired) electrons. The molecule has 168 valence electrons. The Morgan fingerprint density at radius 2 is 1.73 bits per heavy atom. The minimum atomic E-state index is -0.814. The molecule has 0 fully saturated rings. The molecule has 0 N–H and O–H groups in total. The van der Waals surface area contributed by atoms with E-state index in [0.717, 1.165) is 5.57 Å². The number of carbonyl (C=O) groups is 2. The summed E-state index contributed by atoms with van der Waals surface area (Å²) >= 11 is 0. The van der Waals surface area contributed by atoms with Gasteiger partial charge in [-0.25, -0.2) is 4.79 Å². The smallest absolute Gasteiger partial charge is 0.331 e. The highest BCUT2D eigenvalue weighted by molar-refractivity contribution is 6.10. The summed E-state index contributed by atoms with van der Waals surface area (Å²) in [6, 6.07) is 17.7. The van der Waals surface area contributed by atoms with Crippen molar-refractivity contribution < 1.29 is 19.2 Å². The van der Waals surface area contributed by atoms with Crippen molar-refractivity contribution in [2.24, 2.45) is 0 Å². The molecule has 2 atom stereocenters. The summed E-state index contributed by atoms with van der Waals surface area (Å²) in [7, 11) is 0. The number of anilines is 2. The molecule has 7 heteroatoms. The molecule has 0 saturated carbocycles. The van der Waals surface area contributed by atoms with Crippen molar-refractivity contribution in [2.45, 2.75) is 38.3 Å². The molecule has 0 saturated heterocycles. The fourth-order valence-corrected chi connectivity index (χ4v) is 3.41. The van der Waals surface area contributed by atoms with Crippen LogP contribution in [0.3, 0.4) is 0 Å². The van der Waals surface area contributed by atoms with E-state index in [2.05, 4.69) is 11.8 Å². The van der Waals surface area contributed by atoms with Crippen LogP contribution in [-0.2, 0) is 14.3 Å². The molecule has 0 spiro atoms. The van der Waals surface area contributed by atoms with Gasteiger partial charge in [0.15, 0.2) is 6.10 Å². The van der Waals surface area contributed by atoms with Crippen LogP contribution < -0.4 is 4.90 Å². The average molecular weight is 444 g/mol. The normalized spacial score (nSPS) is 16.2. The van der Waals surface area contributed by atoms with Gasteiger partial charge in [-0.05, 0) is 55.0 Å². The molecule has 7 nitrogen and oxygen atoms in total. The Morgan fingerprint density at radius 1 is 1.12 bits per heavy atom. The lowest BCUT2D eigenvalue weighted by molar-refractivity contribution is -0.523. The second-order valence-corrected chi connectivity index (χ2v) is 7.49. The monoisotopic (exact) mass is 444 g/mol. The molecule has 3 rings (SSSR count). The van der Waals surface area contributed by atoms with E-state index >= 15 is 0 Å². The van der Waals surface area contributed by atoms with E-state index in [1.54, 1.807) is 6.92 Å². The molecule has 0 aliphatic heterocycles. The summed E-state index contributed by atoms with van der Waals surface area (Å²) in [5.41, 5.74) is 2.07. The molecule has 1 unspecified atom stereocenters. The van der Waals surface area contributed by atoms with Crippen molar-refractivity contribution >= 4 is 23.3 Å². The van der Waals surface area contributed by atoms with Crippen LogP contribution in [0.15, 0.2) is 84.5 Å². The number of carbonyl (C=O) groups excluding carboxylic acids is 2. The zero-order chi connectivity index (χ0) is 23.6. The molecule has 1 aliphatic carbocycles. The Bertz CT molecular complexity index is 1070. The Balaban J connectivity index is 1.63. The number of nitrogens with zero attached hydrogens (tertiary/aromatic N) is 2. The average Bonchev–Trinajstić information content (AvgIpc) is 2.83. The summed E-state index contributed by atoms with van der Waals surface area (Å²) in [6.45, 7) is 1.57. The van der Waals surface area contributed by atoms with E-state index in [1.807, 2.05) is 66.7 Å². The molecule has 1 aliphatic rings. The molecule has 0 aromatic heterocycles. The lowest BCUT2D eigenvalue weighted by atomic mass is 9.95. The van der Waals surface area contributed by atoms with E-state index in [4.69, 9.17) is 4.74 Å². The summed E-state index contributed by atoms with van der Waals surface area (Å²) in [5, 5.41) is 11.0. The maximum atomic E-state index is 12.9. The van der Waals surface area contributed by atoms with Crippen LogP contribution in [0.2, 0.25) is 0 Å². The maximum Gasteiger partial charge on any atom is 0.331 e. The largest absolute Gasteiger partial charge is 0.446 e. The van der Waals surface area contributed by atoms with Gasteiger partial charge in [-0.2, -0.15) is 0 Å². The predicted octanol–water partition coefficient (Wildman–Crippen LogP) is 4.60. The third kappa shape index (κ3) is 6.91. The van der Waals surface area contributed by atoms with Crippen molar-refractivity contribution in [3.05, 3.63) is 94.6 Å². The number of ether oxygens (including phenoxy) is 1. The van der Waals surface area contributed by atoms with Gasteiger partial charge in [-0.3, -0.25) is 19.8 Å². The maximum absolute atomic E-state index is 12.9. The molecule has 1 amide bonds. The van der Waals surface area contributed by atoms with Gasteiger partial charge < -0.3 is 4.74 Å². The summed E-state index contributed by atoms with van der Waals surface area (Å²) in [6.07, 6.45) is 5.22. The van der Waals surface area contributed by atoms with Crippen molar-refractivity contribution in [1.29, 1.82) is 0 Å². The van der Waals surface area contributed by atoms with E-state index in [1.165, 1.54) is 17.1 Å². The number of hydrogen-bond acceptors (Lipinski definition) is 5. The van der Waals surface area contributed by atoms with Gasteiger partial charge >= 0.3 is 11.9 Å². The number of allylic oxidation sites excluding steroid dienone is 2. The fraction of sp³-hybridized carbons (Fsp3) is 0.231. The first kappa shape index (κ1) is 23.5. The van der Waals surface area contributed by atoms with Crippen LogP contribution in [0.5, 0.6) is 0 Å². The van der Waals surface area contributed by atoms with Crippen LogP contribution in [0.1, 0.15) is 26.2 Å². The highest BCUT2D eigenvalue weighted by atomic mass is 16.6. The Hall–Kier alpha value is -4.18. The summed E-state index contributed by atoms with van der Waals surface area (Å²) in [4.78, 5) is 37.1. The quantitative estimate of drug-likeness (QED) is 0.214. The van der Waals surface area contributed by atoms with Gasteiger partial charge in [0.1, 0.15) is 0 Å². The van der Waals surface area contributed by atoms with Crippen LogP contribution >= 0.6 is 0 Å². The Labute approximate surface area is 192 Å². The first-order valence-corrected chi connectivity index (χ1v) is 10.6. The van der Waals surface area contributed by atoms with Gasteiger partial charge in [-0.15, -0.1) is 0 Å². The first-order chi connectivity index (χ1) is 15.9. The summed E-state index contributed by atoms with van der Waals surface area (Å²) < 4.78 is 5.23. The van der Waals surface area contributed by atoms with Crippen molar-refractivity contribution in [2.75, 3.05) is 4.90 Å². The number of esters is 1. The van der Waals surface area contributed by atoms with Gasteiger partial charge in [-0.1, -0.05) is 48.6 Å². The third-order valence-corrected chi connectivity index (χ3v) is 5.02. The standard InChI is InChI=1S/C26H24N2O5/c1-20(33-26(30)18-16-21-9-8-14-24(19-21)28(31)32)15-17-25(29)27(22-10-4-2-5-11-22)23-12-6-3-7-13-23/h2-7,9-13,16,18,20,24H,8,14,19H2,1H3/b18-16+/t20-,24?/m1/s1. The number of hydrogen-bond donors (Lipinski definition) is 0. The zero-order valence-corrected chi connectivity index (χ0v) is 18.2. The second-order valence-electron chi connectivity index (χ2n) is 7.49. The van der Waals surface area contributed by atoms with Crippen LogP contribution in [0, 0.1) is 22.0 Å². The summed E-state index contributed by atoms with van der Waals surface area (Å²) in [5.74, 6) is 4.15. The minimum Gasteiger partial charge on any atom is -0.446 e. The van der Waals surface area contributed by atoms with Crippen molar-refractivity contribution in [3.8, 4) is 11.8 Å². The lowest BCUT2D eigenvalue weighted by Gasteiger charge is -2.20. The molecule has 0 bridgehead atoms.